The van der Waals surface area contributed by atoms with Crippen LogP contribution in [-0.4, -0.2) is 25.8 Å². The van der Waals surface area contributed by atoms with E-state index in [0.29, 0.717) is 35.2 Å². The van der Waals surface area contributed by atoms with Gasteiger partial charge in [0, 0.05) is 18.8 Å². The lowest BCUT2D eigenvalue weighted by molar-refractivity contribution is 0.463. The molecule has 1 aromatic rings. The highest BCUT2D eigenvalue weighted by Gasteiger charge is 2.33. The molecule has 1 aliphatic rings. The summed E-state index contributed by atoms with van der Waals surface area (Å²) in [6.07, 6.45) is 0.929. The Bertz CT molecular complexity index is 608. The molecule has 4 nitrogen and oxygen atoms in total. The second-order valence-corrected chi connectivity index (χ2v) is 7.51. The minimum Gasteiger partial charge on any atom is -0.398 e. The first-order valence-electron chi connectivity index (χ1n) is 6.61. The van der Waals surface area contributed by atoms with Crippen LogP contribution < -0.4 is 5.73 Å². The van der Waals surface area contributed by atoms with Crippen molar-refractivity contribution in [1.29, 1.82) is 0 Å². The van der Waals surface area contributed by atoms with Crippen LogP contribution in [0.25, 0.3) is 0 Å². The zero-order valence-electron chi connectivity index (χ0n) is 12.0. The molecular weight excluding hydrogens is 260 g/mol. The lowest BCUT2D eigenvalue weighted by atomic mass is 10.1. The Morgan fingerprint density at radius 3 is 2.42 bits per heavy atom. The molecule has 1 aromatic carbocycles. The highest BCUT2D eigenvalue weighted by atomic mass is 32.2. The van der Waals surface area contributed by atoms with E-state index in [4.69, 9.17) is 5.73 Å². The fourth-order valence-corrected chi connectivity index (χ4v) is 4.84. The number of anilines is 1. The third-order valence-corrected chi connectivity index (χ3v) is 6.10. The van der Waals surface area contributed by atoms with E-state index in [-0.39, 0.29) is 0 Å². The van der Waals surface area contributed by atoms with Crippen molar-refractivity contribution in [2.24, 2.45) is 5.92 Å². The van der Waals surface area contributed by atoms with E-state index in [2.05, 4.69) is 6.92 Å². The van der Waals surface area contributed by atoms with Gasteiger partial charge in [0.25, 0.3) is 0 Å². The Hall–Kier alpha value is -1.07. The summed E-state index contributed by atoms with van der Waals surface area (Å²) in [6, 6.07) is 1.86. The van der Waals surface area contributed by atoms with E-state index < -0.39 is 10.0 Å². The highest BCUT2D eigenvalue weighted by molar-refractivity contribution is 7.89. The topological polar surface area (TPSA) is 63.4 Å². The number of hydrogen-bond donors (Lipinski definition) is 1. The molecule has 0 amide bonds. The fraction of sp³-hybridized carbons (Fsp3) is 0.571. The summed E-state index contributed by atoms with van der Waals surface area (Å²) in [5.74, 6) is 0.429. The normalized spacial score (nSPS) is 20.9. The van der Waals surface area contributed by atoms with Crippen LogP contribution in [-0.2, 0) is 10.0 Å². The van der Waals surface area contributed by atoms with Crippen molar-refractivity contribution in [1.82, 2.24) is 4.31 Å². The van der Waals surface area contributed by atoms with Gasteiger partial charge in [-0.05, 0) is 49.8 Å². The summed E-state index contributed by atoms with van der Waals surface area (Å²) in [7, 11) is -3.42. The predicted molar refractivity (Wildman–Crippen MR) is 77.6 cm³/mol. The van der Waals surface area contributed by atoms with Crippen LogP contribution in [0.4, 0.5) is 5.69 Å². The van der Waals surface area contributed by atoms with Gasteiger partial charge < -0.3 is 5.73 Å². The quantitative estimate of drug-likeness (QED) is 0.846. The minimum atomic E-state index is -3.42. The molecule has 0 radical (unpaired) electrons. The molecule has 1 fully saturated rings. The van der Waals surface area contributed by atoms with E-state index in [1.807, 2.05) is 19.9 Å². The lowest BCUT2D eigenvalue weighted by Crippen LogP contribution is -2.30. The molecule has 0 aliphatic carbocycles. The first kappa shape index (κ1) is 14.3. The van der Waals surface area contributed by atoms with Crippen LogP contribution in [0.3, 0.4) is 0 Å². The monoisotopic (exact) mass is 282 g/mol. The van der Waals surface area contributed by atoms with Gasteiger partial charge in [0.15, 0.2) is 0 Å². The number of nitrogens with zero attached hydrogens (tertiary/aromatic N) is 1. The molecule has 1 aliphatic heterocycles. The Kier molecular flexibility index (Phi) is 3.62. The van der Waals surface area contributed by atoms with Gasteiger partial charge in [0.2, 0.25) is 10.0 Å². The standard InChI is InChI=1S/C14H22N2O2S/c1-9-5-6-16(8-9)19(17,18)14-11(3)7-10(2)13(15)12(14)4/h7,9H,5-6,8,15H2,1-4H3. The van der Waals surface area contributed by atoms with Crippen molar-refractivity contribution >= 4 is 15.7 Å². The molecule has 2 rings (SSSR count). The summed E-state index contributed by atoms with van der Waals surface area (Å²) in [4.78, 5) is 0.393. The Balaban J connectivity index is 2.56. The number of nitrogens with two attached hydrogens (primary N) is 1. The first-order chi connectivity index (χ1) is 8.75. The SMILES string of the molecule is Cc1cc(C)c(S(=O)(=O)N2CCC(C)C2)c(C)c1N. The van der Waals surface area contributed by atoms with Gasteiger partial charge in [-0.3, -0.25) is 0 Å². The average molecular weight is 282 g/mol. The molecule has 0 saturated carbocycles. The second-order valence-electron chi connectivity index (χ2n) is 5.64. The maximum Gasteiger partial charge on any atom is 0.243 e. The summed E-state index contributed by atoms with van der Waals surface area (Å²) in [5.41, 5.74) is 8.96. The van der Waals surface area contributed by atoms with Crippen LogP contribution in [0, 0.1) is 26.7 Å². The number of aryl methyl sites for hydroxylation is 2. The highest BCUT2D eigenvalue weighted by Crippen LogP contribution is 2.32. The zero-order chi connectivity index (χ0) is 14.4. The van der Waals surface area contributed by atoms with E-state index in [9.17, 15) is 8.42 Å². The number of rotatable bonds is 2. The van der Waals surface area contributed by atoms with Crippen molar-refractivity contribution < 1.29 is 8.42 Å². The summed E-state index contributed by atoms with van der Waals surface area (Å²) in [5, 5.41) is 0. The van der Waals surface area contributed by atoms with E-state index in [1.54, 1.807) is 11.2 Å². The largest absolute Gasteiger partial charge is 0.398 e. The summed E-state index contributed by atoms with van der Waals surface area (Å²) in [6.45, 7) is 8.83. The smallest absolute Gasteiger partial charge is 0.243 e. The number of hydrogen-bond acceptors (Lipinski definition) is 3. The second kappa shape index (κ2) is 4.80. The Morgan fingerprint density at radius 1 is 1.26 bits per heavy atom. The molecule has 106 valence electrons. The lowest BCUT2D eigenvalue weighted by Gasteiger charge is -2.21. The molecule has 1 atom stereocenters. The summed E-state index contributed by atoms with van der Waals surface area (Å²) >= 11 is 0. The number of sulfonamides is 1. The first-order valence-corrected chi connectivity index (χ1v) is 8.05. The van der Waals surface area contributed by atoms with Gasteiger partial charge in [-0.1, -0.05) is 13.0 Å². The fourth-order valence-electron chi connectivity index (χ4n) is 2.82. The predicted octanol–water partition coefficient (Wildman–Crippen LogP) is 2.22. The third kappa shape index (κ3) is 2.37. The van der Waals surface area contributed by atoms with Crippen LogP contribution in [0.2, 0.25) is 0 Å². The molecule has 5 heteroatoms. The summed E-state index contributed by atoms with van der Waals surface area (Å²) < 4.78 is 27.1. The maximum absolute atomic E-state index is 12.8. The molecule has 2 N–H and O–H groups in total. The van der Waals surface area contributed by atoms with Crippen LogP contribution in [0.15, 0.2) is 11.0 Å². The maximum atomic E-state index is 12.8. The van der Waals surface area contributed by atoms with Gasteiger partial charge in [0.1, 0.15) is 0 Å². The van der Waals surface area contributed by atoms with Crippen molar-refractivity contribution in [2.45, 2.75) is 39.0 Å². The van der Waals surface area contributed by atoms with E-state index >= 15 is 0 Å². The van der Waals surface area contributed by atoms with Crippen LogP contribution >= 0.6 is 0 Å². The molecule has 0 aromatic heterocycles. The van der Waals surface area contributed by atoms with Gasteiger partial charge in [-0.25, -0.2) is 8.42 Å². The molecule has 1 unspecified atom stereocenters. The molecule has 0 bridgehead atoms. The number of benzene rings is 1. The average Bonchev–Trinajstić information content (AvgIpc) is 2.73. The molecule has 1 heterocycles. The zero-order valence-corrected chi connectivity index (χ0v) is 12.8. The van der Waals surface area contributed by atoms with Gasteiger partial charge in [-0.15, -0.1) is 0 Å². The third-order valence-electron chi connectivity index (χ3n) is 3.95. The van der Waals surface area contributed by atoms with Crippen molar-refractivity contribution in [3.63, 3.8) is 0 Å². The molecule has 19 heavy (non-hydrogen) atoms. The van der Waals surface area contributed by atoms with E-state index in [0.717, 1.165) is 17.5 Å². The van der Waals surface area contributed by atoms with Gasteiger partial charge in [-0.2, -0.15) is 4.31 Å². The molecular formula is C14H22N2O2S. The van der Waals surface area contributed by atoms with Crippen molar-refractivity contribution in [3.8, 4) is 0 Å². The Labute approximate surface area is 115 Å². The van der Waals surface area contributed by atoms with E-state index in [1.165, 1.54) is 0 Å². The van der Waals surface area contributed by atoms with Crippen molar-refractivity contribution in [3.05, 3.63) is 22.8 Å². The molecule has 1 saturated heterocycles. The molecule has 0 spiro atoms. The van der Waals surface area contributed by atoms with Crippen LogP contribution in [0.1, 0.15) is 30.0 Å². The van der Waals surface area contributed by atoms with Crippen LogP contribution in [0.5, 0.6) is 0 Å². The Morgan fingerprint density at radius 2 is 1.89 bits per heavy atom. The number of nitrogen functional groups attached to an aromatic ring is 1. The van der Waals surface area contributed by atoms with Gasteiger partial charge in [0.05, 0.1) is 4.90 Å². The van der Waals surface area contributed by atoms with Gasteiger partial charge >= 0.3 is 0 Å². The minimum absolute atomic E-state index is 0.393. The van der Waals surface area contributed by atoms with Crippen molar-refractivity contribution in [2.75, 3.05) is 18.8 Å².